The molecule has 27 heavy (non-hydrogen) atoms. The van der Waals surface area contributed by atoms with Crippen LogP contribution >= 0.6 is 0 Å². The Balaban J connectivity index is 1.68. The van der Waals surface area contributed by atoms with Gasteiger partial charge in [-0.3, -0.25) is 9.59 Å². The van der Waals surface area contributed by atoms with E-state index in [1.807, 2.05) is 13.8 Å². The van der Waals surface area contributed by atoms with Crippen molar-refractivity contribution in [2.24, 2.45) is 5.92 Å². The first kappa shape index (κ1) is 19.1. The summed E-state index contributed by atoms with van der Waals surface area (Å²) in [5.41, 5.74) is 0. The van der Waals surface area contributed by atoms with Crippen LogP contribution in [-0.4, -0.2) is 71.4 Å². The number of piperazine rings is 2. The van der Waals surface area contributed by atoms with E-state index in [2.05, 4.69) is 0 Å². The minimum absolute atomic E-state index is 0.0673. The molecule has 2 heterocycles. The Hall–Kier alpha value is -2.64. The van der Waals surface area contributed by atoms with Crippen LogP contribution in [-0.2, 0) is 9.59 Å². The smallest absolute Gasteiger partial charge is 0.410 e. The molecule has 0 unspecified atom stereocenters. The summed E-state index contributed by atoms with van der Waals surface area (Å²) in [5.74, 6) is -0.141. The maximum Gasteiger partial charge on any atom is 0.415 e. The molecular formula is C19H24FN3O4. The van der Waals surface area contributed by atoms with Gasteiger partial charge in [-0.2, -0.15) is 0 Å². The first-order valence-electron chi connectivity index (χ1n) is 9.07. The van der Waals surface area contributed by atoms with Gasteiger partial charge in [0.1, 0.15) is 23.7 Å². The van der Waals surface area contributed by atoms with E-state index >= 15 is 0 Å². The van der Waals surface area contributed by atoms with Crippen LogP contribution in [0.3, 0.4) is 0 Å². The van der Waals surface area contributed by atoms with Gasteiger partial charge in [0.2, 0.25) is 11.8 Å². The predicted molar refractivity (Wildman–Crippen MR) is 95.5 cm³/mol. The molecule has 0 saturated carbocycles. The summed E-state index contributed by atoms with van der Waals surface area (Å²) < 4.78 is 18.2. The van der Waals surface area contributed by atoms with E-state index in [-0.39, 0.29) is 43.1 Å². The van der Waals surface area contributed by atoms with Gasteiger partial charge < -0.3 is 19.4 Å². The molecule has 7 nitrogen and oxygen atoms in total. The Morgan fingerprint density at radius 1 is 1.19 bits per heavy atom. The molecule has 3 rings (SSSR count). The lowest BCUT2D eigenvalue weighted by molar-refractivity contribution is -0.163. The maximum absolute atomic E-state index is 13.0. The second-order valence-electron chi connectivity index (χ2n) is 7.41. The van der Waals surface area contributed by atoms with Gasteiger partial charge in [0, 0.05) is 20.1 Å². The van der Waals surface area contributed by atoms with Gasteiger partial charge in [-0.15, -0.1) is 0 Å². The van der Waals surface area contributed by atoms with E-state index in [0.717, 1.165) is 0 Å². The molecular weight excluding hydrogens is 353 g/mol. The van der Waals surface area contributed by atoms with Crippen LogP contribution in [0.25, 0.3) is 0 Å². The van der Waals surface area contributed by atoms with Crippen LogP contribution in [0.15, 0.2) is 24.3 Å². The highest BCUT2D eigenvalue weighted by Gasteiger charge is 2.47. The number of fused-ring (bicyclic) bond motifs is 1. The van der Waals surface area contributed by atoms with Crippen molar-refractivity contribution >= 4 is 17.9 Å². The molecule has 2 aliphatic rings. The number of hydrogen-bond acceptors (Lipinski definition) is 4. The fourth-order valence-electron chi connectivity index (χ4n) is 3.54. The standard InChI is InChI=1S/C19H24FN3O4/c1-12(2)10-15-18(25)23-9-8-22(11-16(23)17(24)21(15)3)19(26)27-14-6-4-13(20)5-7-14/h4-7,12,15-16H,8-11H2,1-3H3/t15-,16+/m0/s1. The largest absolute Gasteiger partial charge is 0.415 e. The summed E-state index contributed by atoms with van der Waals surface area (Å²) in [6.45, 7) is 4.69. The summed E-state index contributed by atoms with van der Waals surface area (Å²) >= 11 is 0. The molecule has 8 heteroatoms. The molecule has 0 N–H and O–H groups in total. The van der Waals surface area contributed by atoms with E-state index in [1.54, 1.807) is 11.9 Å². The number of nitrogens with zero attached hydrogens (tertiary/aromatic N) is 3. The van der Waals surface area contributed by atoms with Crippen LogP contribution in [0, 0.1) is 11.7 Å². The fourth-order valence-corrected chi connectivity index (χ4v) is 3.54. The van der Waals surface area contributed by atoms with Crippen molar-refractivity contribution in [3.63, 3.8) is 0 Å². The third-order valence-corrected chi connectivity index (χ3v) is 5.02. The average Bonchev–Trinajstić information content (AvgIpc) is 2.64. The van der Waals surface area contributed by atoms with E-state index in [0.29, 0.717) is 6.42 Å². The zero-order valence-corrected chi connectivity index (χ0v) is 15.7. The van der Waals surface area contributed by atoms with Crippen LogP contribution in [0.5, 0.6) is 5.75 Å². The van der Waals surface area contributed by atoms with Crippen molar-refractivity contribution < 1.29 is 23.5 Å². The zero-order chi connectivity index (χ0) is 19.7. The Labute approximate surface area is 157 Å². The van der Waals surface area contributed by atoms with E-state index in [9.17, 15) is 18.8 Å². The molecule has 2 atom stereocenters. The quantitative estimate of drug-likeness (QED) is 0.804. The monoisotopic (exact) mass is 377 g/mol. The van der Waals surface area contributed by atoms with E-state index < -0.39 is 24.0 Å². The topological polar surface area (TPSA) is 70.2 Å². The molecule has 2 aliphatic heterocycles. The number of carbonyl (C=O) groups is 3. The van der Waals surface area contributed by atoms with Crippen molar-refractivity contribution in [3.8, 4) is 5.75 Å². The molecule has 1 aromatic carbocycles. The van der Waals surface area contributed by atoms with E-state index in [4.69, 9.17) is 4.74 Å². The Morgan fingerprint density at radius 2 is 1.85 bits per heavy atom. The Bertz CT molecular complexity index is 737. The zero-order valence-electron chi connectivity index (χ0n) is 15.7. The van der Waals surface area contributed by atoms with Crippen molar-refractivity contribution in [1.29, 1.82) is 0 Å². The summed E-state index contributed by atoms with van der Waals surface area (Å²) in [6, 6.07) is 3.99. The number of halogens is 1. The molecule has 3 amide bonds. The Kier molecular flexibility index (Phi) is 5.34. The van der Waals surface area contributed by atoms with Gasteiger partial charge in [0.25, 0.3) is 0 Å². The molecule has 0 spiro atoms. The minimum atomic E-state index is -0.694. The number of amides is 3. The molecule has 1 aromatic rings. The van der Waals surface area contributed by atoms with Crippen LogP contribution in [0.4, 0.5) is 9.18 Å². The minimum Gasteiger partial charge on any atom is -0.410 e. The normalized spacial score (nSPS) is 22.9. The summed E-state index contributed by atoms with van der Waals surface area (Å²) in [6.07, 6.45) is -0.00544. The van der Waals surface area contributed by atoms with Crippen molar-refractivity contribution in [2.75, 3.05) is 26.7 Å². The van der Waals surface area contributed by atoms with Crippen LogP contribution in [0.1, 0.15) is 20.3 Å². The van der Waals surface area contributed by atoms with Crippen molar-refractivity contribution in [2.45, 2.75) is 32.4 Å². The molecule has 146 valence electrons. The van der Waals surface area contributed by atoms with Gasteiger partial charge >= 0.3 is 6.09 Å². The summed E-state index contributed by atoms with van der Waals surface area (Å²) in [7, 11) is 1.64. The molecule has 0 radical (unpaired) electrons. The summed E-state index contributed by atoms with van der Waals surface area (Å²) in [5, 5.41) is 0. The highest BCUT2D eigenvalue weighted by molar-refractivity contribution is 5.97. The van der Waals surface area contributed by atoms with Gasteiger partial charge in [-0.05, 0) is 36.6 Å². The number of likely N-dealkylation sites (N-methyl/N-ethyl adjacent to an activating group) is 1. The number of rotatable bonds is 3. The maximum atomic E-state index is 13.0. The molecule has 0 bridgehead atoms. The van der Waals surface area contributed by atoms with Gasteiger partial charge in [-0.1, -0.05) is 13.8 Å². The number of carbonyl (C=O) groups excluding carboxylic acids is 3. The van der Waals surface area contributed by atoms with Gasteiger partial charge in [0.05, 0.1) is 6.54 Å². The number of ether oxygens (including phenoxy) is 1. The van der Waals surface area contributed by atoms with E-state index in [1.165, 1.54) is 34.1 Å². The highest BCUT2D eigenvalue weighted by Crippen LogP contribution is 2.25. The lowest BCUT2D eigenvalue weighted by Crippen LogP contribution is -2.70. The highest BCUT2D eigenvalue weighted by atomic mass is 19.1. The molecule has 2 saturated heterocycles. The molecule has 0 aliphatic carbocycles. The van der Waals surface area contributed by atoms with Crippen LogP contribution in [0.2, 0.25) is 0 Å². The third-order valence-electron chi connectivity index (χ3n) is 5.02. The van der Waals surface area contributed by atoms with Gasteiger partial charge in [0.15, 0.2) is 0 Å². The average molecular weight is 377 g/mol. The number of benzene rings is 1. The lowest BCUT2D eigenvalue weighted by Gasteiger charge is -2.48. The predicted octanol–water partition coefficient (Wildman–Crippen LogP) is 1.72. The van der Waals surface area contributed by atoms with Crippen molar-refractivity contribution in [3.05, 3.63) is 30.1 Å². The second kappa shape index (κ2) is 7.54. The fraction of sp³-hybridized carbons (Fsp3) is 0.526. The van der Waals surface area contributed by atoms with Crippen LogP contribution < -0.4 is 4.74 Å². The molecule has 0 aromatic heterocycles. The van der Waals surface area contributed by atoms with Crippen molar-refractivity contribution in [1.82, 2.24) is 14.7 Å². The van der Waals surface area contributed by atoms with Gasteiger partial charge in [-0.25, -0.2) is 9.18 Å². The third kappa shape index (κ3) is 3.89. The Morgan fingerprint density at radius 3 is 2.48 bits per heavy atom. The lowest BCUT2D eigenvalue weighted by atomic mass is 9.95. The first-order chi connectivity index (χ1) is 12.8. The SMILES string of the molecule is CC(C)C[C@H]1C(=O)N2CCN(C(=O)Oc3ccc(F)cc3)C[C@@H]2C(=O)N1C. The first-order valence-corrected chi connectivity index (χ1v) is 9.07. The second-order valence-corrected chi connectivity index (χ2v) is 7.41. The molecule has 2 fully saturated rings. The number of hydrogen-bond donors (Lipinski definition) is 0. The summed E-state index contributed by atoms with van der Waals surface area (Å²) in [4.78, 5) is 42.5.